The number of hydrogen-bond donors (Lipinski definition) is 3. The molecule has 3 nitrogen and oxygen atoms in total. The smallest absolute Gasteiger partial charge is 0.0434 e. The van der Waals surface area contributed by atoms with Gasteiger partial charge in [-0.1, -0.05) is 213 Å². The van der Waals surface area contributed by atoms with Gasteiger partial charge in [0.1, 0.15) is 0 Å². The largest absolute Gasteiger partial charge is 0.405 e. The Morgan fingerprint density at radius 1 is 0.582 bits per heavy atom. The third-order valence-corrected chi connectivity index (χ3v) is 12.5. The molecule has 0 atom stereocenters. The van der Waals surface area contributed by atoms with Crippen LogP contribution in [0.2, 0.25) is 0 Å². The van der Waals surface area contributed by atoms with Crippen LogP contribution in [0.1, 0.15) is 49.4 Å². The molecule has 1 aromatic heterocycles. The van der Waals surface area contributed by atoms with Gasteiger partial charge >= 0.3 is 0 Å². The second kappa shape index (κ2) is 25.2. The van der Waals surface area contributed by atoms with Crippen LogP contribution in [0.5, 0.6) is 0 Å². The van der Waals surface area contributed by atoms with Crippen LogP contribution in [0, 0.1) is 12.3 Å². The summed E-state index contributed by atoms with van der Waals surface area (Å²) < 4.78 is 2.68. The fraction of sp³-hybridized carbons (Fsp3) is 0.0952. The first-order chi connectivity index (χ1) is 32.9. The molecule has 0 aliphatic heterocycles. The molecule has 0 saturated carbocycles. The highest BCUT2D eigenvalue weighted by Crippen LogP contribution is 2.43. The van der Waals surface area contributed by atoms with Crippen molar-refractivity contribution >= 4 is 60.1 Å². The molecule has 0 amide bonds. The molecule has 0 spiro atoms. The molecular weight excluding hydrogens is 831 g/mol. The number of rotatable bonds is 10. The van der Waals surface area contributed by atoms with Crippen LogP contribution >= 0.6 is 11.3 Å². The van der Waals surface area contributed by atoms with E-state index in [0.29, 0.717) is 6.54 Å². The van der Waals surface area contributed by atoms with Crippen molar-refractivity contribution in [3.8, 4) is 33.4 Å². The van der Waals surface area contributed by atoms with Crippen LogP contribution < -0.4 is 11.5 Å². The van der Waals surface area contributed by atoms with Crippen molar-refractivity contribution in [3.05, 3.63) is 253 Å². The third-order valence-electron chi connectivity index (χ3n) is 11.3. The van der Waals surface area contributed by atoms with E-state index in [-0.39, 0.29) is 0 Å². The maximum atomic E-state index is 5.59. The third kappa shape index (κ3) is 12.6. The number of nitrogens with two attached hydrogens (primary N) is 2. The van der Waals surface area contributed by atoms with E-state index < -0.39 is 0 Å². The number of allylic oxidation sites excluding steroid dienone is 9. The van der Waals surface area contributed by atoms with Crippen LogP contribution in [0.15, 0.2) is 231 Å². The second-order valence-electron chi connectivity index (χ2n) is 15.8. The van der Waals surface area contributed by atoms with E-state index in [1.165, 1.54) is 86.6 Å². The van der Waals surface area contributed by atoms with Gasteiger partial charge < -0.3 is 16.9 Å². The molecule has 0 radical (unpaired) electrons. The molecule has 0 bridgehead atoms. The minimum absolute atomic E-state index is 0.608. The van der Waals surface area contributed by atoms with Gasteiger partial charge in [-0.2, -0.15) is 0 Å². The molecular formula is C63H61N3S. The van der Waals surface area contributed by atoms with Gasteiger partial charge in [0.05, 0.1) is 0 Å². The minimum Gasteiger partial charge on any atom is -0.405 e. The zero-order chi connectivity index (χ0) is 47.4. The predicted octanol–water partition coefficient (Wildman–Crippen LogP) is 17.4. The zero-order valence-electron chi connectivity index (χ0n) is 39.1. The minimum atomic E-state index is 0.608. The Kier molecular flexibility index (Phi) is 18.3. The molecule has 5 N–H and O–H groups in total. The summed E-state index contributed by atoms with van der Waals surface area (Å²) in [6.45, 7) is 11.4. The number of fused-ring (bicyclic) bond motifs is 5. The van der Waals surface area contributed by atoms with Crippen molar-refractivity contribution in [1.29, 1.82) is 5.41 Å². The number of thiophene rings is 1. The zero-order valence-corrected chi connectivity index (χ0v) is 39.9. The Balaban J connectivity index is 0.000000202. The summed E-state index contributed by atoms with van der Waals surface area (Å²) in [4.78, 5) is 0. The van der Waals surface area contributed by atoms with Gasteiger partial charge in [-0.25, -0.2) is 0 Å². The molecule has 0 unspecified atom stereocenters. The van der Waals surface area contributed by atoms with E-state index in [1.807, 2.05) is 43.4 Å². The van der Waals surface area contributed by atoms with Gasteiger partial charge in [-0.05, 0) is 136 Å². The van der Waals surface area contributed by atoms with Crippen molar-refractivity contribution in [2.24, 2.45) is 11.5 Å². The first-order valence-electron chi connectivity index (χ1n) is 22.8. The molecule has 1 heterocycles. The van der Waals surface area contributed by atoms with Gasteiger partial charge in [-0.15, -0.1) is 11.3 Å². The van der Waals surface area contributed by atoms with Crippen molar-refractivity contribution in [2.75, 3.05) is 0 Å². The van der Waals surface area contributed by atoms with E-state index in [1.54, 1.807) is 6.20 Å². The fourth-order valence-electron chi connectivity index (χ4n) is 8.02. The van der Waals surface area contributed by atoms with Crippen LogP contribution in [-0.4, -0.2) is 6.72 Å². The number of hydrogen-bond acceptors (Lipinski definition) is 4. The van der Waals surface area contributed by atoms with Crippen molar-refractivity contribution in [1.82, 2.24) is 0 Å². The van der Waals surface area contributed by atoms with Crippen LogP contribution in [-0.2, 0) is 6.54 Å². The summed E-state index contributed by atoms with van der Waals surface area (Å²) in [7, 11) is 0. The van der Waals surface area contributed by atoms with E-state index in [2.05, 4.69) is 227 Å². The monoisotopic (exact) mass is 891 g/mol. The molecule has 8 aromatic carbocycles. The number of aryl methyl sites for hydroxylation is 1. The second-order valence-corrected chi connectivity index (χ2v) is 16.9. The lowest BCUT2D eigenvalue weighted by atomic mass is 9.94. The highest BCUT2D eigenvalue weighted by atomic mass is 32.1. The molecule has 9 rings (SSSR count). The summed E-state index contributed by atoms with van der Waals surface area (Å²) in [5, 5.41) is 10.8. The quantitative estimate of drug-likeness (QED) is 0.0945. The van der Waals surface area contributed by atoms with Gasteiger partial charge in [0.15, 0.2) is 0 Å². The lowest BCUT2D eigenvalue weighted by molar-refractivity contribution is 1.07. The number of benzene rings is 8. The lowest BCUT2D eigenvalue weighted by Crippen LogP contribution is -1.95. The molecule has 0 saturated heterocycles. The summed E-state index contributed by atoms with van der Waals surface area (Å²) in [5.74, 6) is 0. The summed E-state index contributed by atoms with van der Waals surface area (Å²) in [6.07, 6.45) is 17.1. The van der Waals surface area contributed by atoms with Gasteiger partial charge in [0.2, 0.25) is 0 Å². The van der Waals surface area contributed by atoms with Crippen LogP contribution in [0.3, 0.4) is 0 Å². The molecule has 9 aromatic rings. The van der Waals surface area contributed by atoms with E-state index in [4.69, 9.17) is 16.9 Å². The maximum absolute atomic E-state index is 5.59. The van der Waals surface area contributed by atoms with Crippen LogP contribution in [0.25, 0.3) is 75.5 Å². The van der Waals surface area contributed by atoms with Crippen molar-refractivity contribution in [2.45, 2.75) is 40.7 Å². The molecule has 334 valence electrons. The highest BCUT2D eigenvalue weighted by molar-refractivity contribution is 7.26. The average molecular weight is 892 g/mol. The highest BCUT2D eigenvalue weighted by Gasteiger charge is 2.14. The SMILES string of the molecule is C/C=C/C(=C\C=C/N)c1cccc(-c2cccc(-c3cccc4sc5c6ccccc6ccc5c34)c2)c1.C/C=C\C(=C/CC)c1ccc(CN)cc1.C=N.Cc1ccc(-c2ccccc2)cc1. The topological polar surface area (TPSA) is 75.9 Å². The average Bonchev–Trinajstić information content (AvgIpc) is 3.79. The summed E-state index contributed by atoms with van der Waals surface area (Å²) in [5.41, 5.74) is 25.9. The molecule has 0 aliphatic carbocycles. The van der Waals surface area contributed by atoms with Gasteiger partial charge in [-0.3, -0.25) is 0 Å². The Labute approximate surface area is 402 Å². The standard InChI is InChI=1S/C35H27NS.C14H19N.C13H12.CH3N/c1-2-9-24(15-8-21-36)26-11-5-12-27(22-26)28-13-6-14-29(23-28)30-17-7-18-33-34(30)32-20-19-25-10-3-4-16-31(25)35(32)37-33;1-3-5-13(6-4-2)14-9-7-12(11-15)8-10-14;1-11-7-9-13(10-8-11)12-5-3-2-4-6-12;1-2/h2-23H,36H2,1H3;3,5-10H,4,11,15H2,1-2H3;2-10H,1H3;2H,1H2/b9-2+,21-8-,24-15+;5-3-,13-6+;;. The summed E-state index contributed by atoms with van der Waals surface area (Å²) >= 11 is 1.89. The van der Waals surface area contributed by atoms with Crippen molar-refractivity contribution in [3.63, 3.8) is 0 Å². The predicted molar refractivity (Wildman–Crippen MR) is 298 cm³/mol. The Morgan fingerprint density at radius 3 is 1.91 bits per heavy atom. The molecule has 0 aliphatic rings. The van der Waals surface area contributed by atoms with E-state index >= 15 is 0 Å². The van der Waals surface area contributed by atoms with E-state index in [9.17, 15) is 0 Å². The number of nitrogens with one attached hydrogen (secondary N) is 1. The Hall–Kier alpha value is -7.63. The van der Waals surface area contributed by atoms with Gasteiger partial charge in [0.25, 0.3) is 0 Å². The normalized spacial score (nSPS) is 11.7. The van der Waals surface area contributed by atoms with Gasteiger partial charge in [0, 0.05) is 26.7 Å². The Bertz CT molecular complexity index is 3150. The summed E-state index contributed by atoms with van der Waals surface area (Å²) in [6, 6.07) is 65.0. The van der Waals surface area contributed by atoms with Crippen LogP contribution in [0.4, 0.5) is 0 Å². The molecule has 4 heteroatoms. The first-order valence-corrected chi connectivity index (χ1v) is 23.6. The molecule has 67 heavy (non-hydrogen) atoms. The lowest BCUT2D eigenvalue weighted by Gasteiger charge is -2.10. The first kappa shape index (κ1) is 48.8. The van der Waals surface area contributed by atoms with Crippen molar-refractivity contribution < 1.29 is 0 Å². The Morgan fingerprint density at radius 2 is 1.21 bits per heavy atom. The van der Waals surface area contributed by atoms with E-state index in [0.717, 1.165) is 17.6 Å². The maximum Gasteiger partial charge on any atom is 0.0434 e. The molecule has 0 fully saturated rings. The fourth-order valence-corrected chi connectivity index (χ4v) is 9.28.